The smallest absolute Gasteiger partial charge is 0.273 e. The molecular formula is C12H8N2O4. The zero-order chi connectivity index (χ0) is 13.4. The highest BCUT2D eigenvalue weighted by atomic mass is 16.6. The number of hydrogen-bond acceptors (Lipinski definition) is 5. The Labute approximate surface area is 101 Å². The van der Waals surface area contributed by atoms with Gasteiger partial charge in [0.05, 0.1) is 10.3 Å². The van der Waals surface area contributed by atoms with Gasteiger partial charge in [-0.15, -0.1) is 0 Å². The molecule has 0 aliphatic heterocycles. The normalized spacial score (nSPS) is 10.3. The molecule has 0 spiro atoms. The second-order valence-electron chi connectivity index (χ2n) is 3.87. The summed E-state index contributed by atoms with van der Waals surface area (Å²) in [5.41, 5.74) is 0.385. The molecule has 0 N–H and O–H groups in total. The maximum Gasteiger partial charge on any atom is 0.273 e. The third-order valence-electron chi connectivity index (χ3n) is 2.91. The van der Waals surface area contributed by atoms with E-state index in [4.69, 9.17) is 9.68 Å². The zero-order valence-corrected chi connectivity index (χ0v) is 9.68. The summed E-state index contributed by atoms with van der Waals surface area (Å²) in [6.45, 7) is 3.23. The van der Waals surface area contributed by atoms with Crippen molar-refractivity contribution in [2.45, 2.75) is 13.8 Å². The Balaban J connectivity index is 3.02. The topological polar surface area (TPSA) is 97.1 Å². The van der Waals surface area contributed by atoms with Crippen molar-refractivity contribution in [1.82, 2.24) is 0 Å². The first kappa shape index (κ1) is 11.8. The first-order valence-corrected chi connectivity index (χ1v) is 5.07. The van der Waals surface area contributed by atoms with Gasteiger partial charge in [0.2, 0.25) is 5.43 Å². The molecule has 0 radical (unpaired) electrons. The van der Waals surface area contributed by atoms with E-state index >= 15 is 0 Å². The molecule has 0 fully saturated rings. The van der Waals surface area contributed by atoms with Crippen LogP contribution in [0, 0.1) is 35.3 Å². The molecule has 0 saturated heterocycles. The van der Waals surface area contributed by atoms with Gasteiger partial charge in [0, 0.05) is 17.2 Å². The minimum absolute atomic E-state index is 0.0591. The van der Waals surface area contributed by atoms with Crippen molar-refractivity contribution in [3.8, 4) is 6.07 Å². The number of aryl methyl sites for hydroxylation is 1. The summed E-state index contributed by atoms with van der Waals surface area (Å²) in [5.74, 6) is 0. The fourth-order valence-corrected chi connectivity index (χ4v) is 1.78. The molecule has 90 valence electrons. The lowest BCUT2D eigenvalue weighted by molar-refractivity contribution is -0.385. The summed E-state index contributed by atoms with van der Waals surface area (Å²) in [5, 5.41) is 19.7. The lowest BCUT2D eigenvalue weighted by Crippen LogP contribution is -2.07. The SMILES string of the molecule is Cc1c([N+](=O)[O-])cc2c(=O)c(C#N)coc2c1C. The summed E-state index contributed by atoms with van der Waals surface area (Å²) in [6.07, 6.45) is 1.07. The van der Waals surface area contributed by atoms with Gasteiger partial charge in [0.15, 0.2) is 0 Å². The summed E-state index contributed by atoms with van der Waals surface area (Å²) in [7, 11) is 0. The second-order valence-corrected chi connectivity index (χ2v) is 3.87. The largest absolute Gasteiger partial charge is 0.462 e. The van der Waals surface area contributed by atoms with Crippen molar-refractivity contribution < 1.29 is 9.34 Å². The highest BCUT2D eigenvalue weighted by Crippen LogP contribution is 2.28. The van der Waals surface area contributed by atoms with Crippen LogP contribution in [0.15, 0.2) is 21.5 Å². The molecule has 2 rings (SSSR count). The molecule has 18 heavy (non-hydrogen) atoms. The van der Waals surface area contributed by atoms with Crippen molar-refractivity contribution in [3.63, 3.8) is 0 Å². The van der Waals surface area contributed by atoms with Gasteiger partial charge in [0.25, 0.3) is 5.69 Å². The van der Waals surface area contributed by atoms with Crippen LogP contribution in [0.4, 0.5) is 5.69 Å². The summed E-state index contributed by atoms with van der Waals surface area (Å²) in [6, 6.07) is 2.85. The van der Waals surface area contributed by atoms with Crippen molar-refractivity contribution in [2.75, 3.05) is 0 Å². The summed E-state index contributed by atoms with van der Waals surface area (Å²) < 4.78 is 5.22. The van der Waals surface area contributed by atoms with Crippen molar-refractivity contribution in [2.24, 2.45) is 0 Å². The van der Waals surface area contributed by atoms with E-state index in [0.717, 1.165) is 12.3 Å². The molecule has 6 nitrogen and oxygen atoms in total. The minimum Gasteiger partial charge on any atom is -0.462 e. The molecule has 0 amide bonds. The highest BCUT2D eigenvalue weighted by molar-refractivity contribution is 5.84. The third-order valence-corrected chi connectivity index (χ3v) is 2.91. The van der Waals surface area contributed by atoms with Crippen LogP contribution in [0.25, 0.3) is 11.0 Å². The monoisotopic (exact) mass is 244 g/mol. The van der Waals surface area contributed by atoms with Crippen LogP contribution in [0.1, 0.15) is 16.7 Å². The molecular weight excluding hydrogens is 236 g/mol. The molecule has 1 aromatic heterocycles. The van der Waals surface area contributed by atoms with Gasteiger partial charge in [-0.1, -0.05) is 0 Å². The molecule has 0 bridgehead atoms. The molecule has 0 unspecified atom stereocenters. The first-order chi connectivity index (χ1) is 8.47. The Kier molecular flexibility index (Phi) is 2.60. The van der Waals surface area contributed by atoms with E-state index in [1.54, 1.807) is 19.9 Å². The minimum atomic E-state index is -0.555. The molecule has 0 aliphatic carbocycles. The van der Waals surface area contributed by atoms with E-state index in [2.05, 4.69) is 0 Å². The summed E-state index contributed by atoms with van der Waals surface area (Å²) in [4.78, 5) is 22.2. The van der Waals surface area contributed by atoms with Gasteiger partial charge in [-0.3, -0.25) is 14.9 Å². The number of nitrogens with zero attached hydrogens (tertiary/aromatic N) is 2. The highest BCUT2D eigenvalue weighted by Gasteiger charge is 2.19. The van der Waals surface area contributed by atoms with Crippen molar-refractivity contribution in [3.05, 3.63) is 49.4 Å². The van der Waals surface area contributed by atoms with E-state index in [-0.39, 0.29) is 22.2 Å². The van der Waals surface area contributed by atoms with Gasteiger partial charge >= 0.3 is 0 Å². The van der Waals surface area contributed by atoms with Gasteiger partial charge in [-0.25, -0.2) is 0 Å². The number of fused-ring (bicyclic) bond motifs is 1. The van der Waals surface area contributed by atoms with Crippen LogP contribution in [0.5, 0.6) is 0 Å². The van der Waals surface area contributed by atoms with Crippen LogP contribution in [0.2, 0.25) is 0 Å². The maximum absolute atomic E-state index is 11.9. The fraction of sp³-hybridized carbons (Fsp3) is 0.167. The van der Waals surface area contributed by atoms with Crippen LogP contribution in [-0.2, 0) is 0 Å². The maximum atomic E-state index is 11.9. The number of nitriles is 1. The molecule has 0 atom stereocenters. The van der Waals surface area contributed by atoms with Crippen LogP contribution in [0.3, 0.4) is 0 Å². The number of rotatable bonds is 1. The average Bonchev–Trinajstić information content (AvgIpc) is 2.34. The Hall–Kier alpha value is -2.68. The van der Waals surface area contributed by atoms with Crippen molar-refractivity contribution >= 4 is 16.7 Å². The van der Waals surface area contributed by atoms with E-state index in [1.807, 2.05) is 0 Å². The predicted octanol–water partition coefficient (Wildman–Crippen LogP) is 2.19. The van der Waals surface area contributed by atoms with E-state index in [1.165, 1.54) is 0 Å². The third kappa shape index (κ3) is 1.53. The standard InChI is InChI=1S/C12H8N2O4/c1-6-7(2)12-9(3-10(6)14(16)17)11(15)8(4-13)5-18-12/h3,5H,1-2H3. The predicted molar refractivity (Wildman–Crippen MR) is 63.3 cm³/mol. The van der Waals surface area contributed by atoms with Crippen LogP contribution in [-0.4, -0.2) is 4.92 Å². The molecule has 1 heterocycles. The lowest BCUT2D eigenvalue weighted by Gasteiger charge is -2.05. The Morgan fingerprint density at radius 1 is 1.39 bits per heavy atom. The number of hydrogen-bond donors (Lipinski definition) is 0. The van der Waals surface area contributed by atoms with E-state index in [0.29, 0.717) is 11.1 Å². The first-order valence-electron chi connectivity index (χ1n) is 5.07. The lowest BCUT2D eigenvalue weighted by atomic mass is 10.0. The van der Waals surface area contributed by atoms with Gasteiger partial charge in [-0.05, 0) is 13.8 Å². The number of nitro benzene ring substituents is 1. The van der Waals surface area contributed by atoms with Crippen molar-refractivity contribution in [1.29, 1.82) is 5.26 Å². The number of benzene rings is 1. The fourth-order valence-electron chi connectivity index (χ4n) is 1.78. The molecule has 0 saturated carbocycles. The Bertz CT molecular complexity index is 768. The van der Waals surface area contributed by atoms with Crippen LogP contribution >= 0.6 is 0 Å². The average molecular weight is 244 g/mol. The molecule has 0 aliphatic rings. The number of nitro groups is 1. The van der Waals surface area contributed by atoms with Gasteiger partial charge < -0.3 is 4.42 Å². The Morgan fingerprint density at radius 2 is 2.06 bits per heavy atom. The second kappa shape index (κ2) is 3.96. The quantitative estimate of drug-likeness (QED) is 0.565. The molecule has 6 heteroatoms. The van der Waals surface area contributed by atoms with Crippen LogP contribution < -0.4 is 5.43 Å². The van der Waals surface area contributed by atoms with Gasteiger partial charge in [-0.2, -0.15) is 5.26 Å². The summed E-state index contributed by atoms with van der Waals surface area (Å²) >= 11 is 0. The zero-order valence-electron chi connectivity index (χ0n) is 9.68. The molecule has 1 aromatic carbocycles. The van der Waals surface area contributed by atoms with Gasteiger partial charge in [0.1, 0.15) is 23.5 Å². The van der Waals surface area contributed by atoms with E-state index in [9.17, 15) is 14.9 Å². The molecule has 2 aromatic rings. The Morgan fingerprint density at radius 3 is 2.61 bits per heavy atom. The van der Waals surface area contributed by atoms with E-state index < -0.39 is 10.4 Å².